The van der Waals surface area contributed by atoms with Crippen LogP contribution in [0.3, 0.4) is 0 Å². The first kappa shape index (κ1) is 14.0. The number of methoxy groups -OCH3 is 1. The third-order valence-electron chi connectivity index (χ3n) is 2.16. The molecule has 7 heteroatoms. The van der Waals surface area contributed by atoms with Crippen LogP contribution in [-0.2, 0) is 15.3 Å². The molecule has 0 amide bonds. The van der Waals surface area contributed by atoms with E-state index in [1.54, 1.807) is 6.92 Å². The third-order valence-corrected chi connectivity index (χ3v) is 3.36. The molecule has 0 N–H and O–H groups in total. The molecule has 1 heterocycles. The van der Waals surface area contributed by atoms with Crippen LogP contribution >= 0.6 is 11.8 Å². The Kier molecular flexibility index (Phi) is 5.40. The van der Waals surface area contributed by atoms with E-state index in [4.69, 9.17) is 0 Å². The molecule has 1 aromatic heterocycles. The van der Waals surface area contributed by atoms with Crippen molar-refractivity contribution >= 4 is 17.7 Å². The number of aromatic nitrogens is 2. The first-order valence-electron chi connectivity index (χ1n) is 5.01. The molecule has 0 saturated heterocycles. The van der Waals surface area contributed by atoms with E-state index in [2.05, 4.69) is 9.72 Å². The van der Waals surface area contributed by atoms with E-state index in [9.17, 15) is 13.6 Å². The van der Waals surface area contributed by atoms with E-state index in [1.165, 1.54) is 31.3 Å². The van der Waals surface area contributed by atoms with E-state index in [0.29, 0.717) is 17.3 Å². The molecule has 0 aromatic carbocycles. The Morgan fingerprint density at radius 2 is 2.35 bits per heavy atom. The van der Waals surface area contributed by atoms with Gasteiger partial charge in [-0.1, -0.05) is 6.92 Å². The smallest absolute Gasteiger partial charge is 0.319 e. The standard InChI is InChI=1S/C10H14F2N2O2S/c1-7(9(15)16-2)5-17-6-8-13-3-4-14(8)10(11)12/h3-4,7,10H,5-6H2,1-2H3. The fraction of sp³-hybridized carbons (Fsp3) is 0.600. The highest BCUT2D eigenvalue weighted by molar-refractivity contribution is 7.98. The lowest BCUT2D eigenvalue weighted by molar-refractivity contribution is -0.144. The molecule has 0 bridgehead atoms. The first-order chi connectivity index (χ1) is 8.06. The Labute approximate surface area is 102 Å². The second-order valence-electron chi connectivity index (χ2n) is 3.47. The Hall–Kier alpha value is -1.11. The average Bonchev–Trinajstić information content (AvgIpc) is 2.76. The molecule has 0 radical (unpaired) electrons. The van der Waals surface area contributed by atoms with Gasteiger partial charge in [0.25, 0.3) is 0 Å². The number of hydrogen-bond acceptors (Lipinski definition) is 4. The number of nitrogens with zero attached hydrogens (tertiary/aromatic N) is 2. The van der Waals surface area contributed by atoms with Gasteiger partial charge in [0.1, 0.15) is 5.82 Å². The maximum atomic E-state index is 12.5. The van der Waals surface area contributed by atoms with Gasteiger partial charge in [-0.3, -0.25) is 9.36 Å². The Morgan fingerprint density at radius 3 is 2.94 bits per heavy atom. The molecule has 1 aromatic rings. The predicted octanol–water partition coefficient (Wildman–Crippen LogP) is 2.32. The summed E-state index contributed by atoms with van der Waals surface area (Å²) in [5.74, 6) is 0.623. The molecular formula is C10H14F2N2O2S. The summed E-state index contributed by atoms with van der Waals surface area (Å²) in [7, 11) is 1.33. The van der Waals surface area contributed by atoms with Gasteiger partial charge in [-0.15, -0.1) is 0 Å². The molecule has 0 aliphatic heterocycles. The van der Waals surface area contributed by atoms with Crippen LogP contribution in [0.2, 0.25) is 0 Å². The zero-order valence-electron chi connectivity index (χ0n) is 9.60. The fourth-order valence-corrected chi connectivity index (χ4v) is 2.24. The van der Waals surface area contributed by atoms with Crippen molar-refractivity contribution < 1.29 is 18.3 Å². The maximum Gasteiger partial charge on any atom is 0.319 e. The zero-order valence-corrected chi connectivity index (χ0v) is 10.4. The van der Waals surface area contributed by atoms with Crippen LogP contribution < -0.4 is 0 Å². The topological polar surface area (TPSA) is 44.1 Å². The SMILES string of the molecule is COC(=O)C(C)CSCc1nccn1C(F)F. The number of hydrogen-bond donors (Lipinski definition) is 0. The minimum atomic E-state index is -2.58. The summed E-state index contributed by atoms with van der Waals surface area (Å²) in [6, 6.07) is 0. The predicted molar refractivity (Wildman–Crippen MR) is 60.8 cm³/mol. The molecule has 0 aliphatic carbocycles. The molecule has 17 heavy (non-hydrogen) atoms. The summed E-state index contributed by atoms with van der Waals surface area (Å²) >= 11 is 1.38. The van der Waals surface area contributed by atoms with Crippen LogP contribution in [0, 0.1) is 5.92 Å². The van der Waals surface area contributed by atoms with Crippen LogP contribution in [0.15, 0.2) is 12.4 Å². The number of rotatable bonds is 6. The summed E-state index contributed by atoms with van der Waals surface area (Å²) in [6.07, 6.45) is 2.58. The number of halogens is 2. The van der Waals surface area contributed by atoms with Crippen molar-refractivity contribution in [3.05, 3.63) is 18.2 Å². The Balaban J connectivity index is 2.41. The molecular weight excluding hydrogens is 250 g/mol. The summed E-state index contributed by atoms with van der Waals surface area (Å²) < 4.78 is 30.3. The highest BCUT2D eigenvalue weighted by Gasteiger charge is 2.15. The number of alkyl halides is 2. The Morgan fingerprint density at radius 1 is 1.65 bits per heavy atom. The van der Waals surface area contributed by atoms with Crippen LogP contribution in [0.5, 0.6) is 0 Å². The molecule has 0 fully saturated rings. The molecule has 0 spiro atoms. The number of carbonyl (C=O) groups is 1. The fourth-order valence-electron chi connectivity index (χ4n) is 1.23. The minimum Gasteiger partial charge on any atom is -0.469 e. The molecule has 1 rings (SSSR count). The van der Waals surface area contributed by atoms with Gasteiger partial charge in [-0.25, -0.2) is 4.98 Å². The first-order valence-corrected chi connectivity index (χ1v) is 6.17. The molecule has 0 aliphatic rings. The van der Waals surface area contributed by atoms with E-state index in [0.717, 1.165) is 4.57 Å². The largest absolute Gasteiger partial charge is 0.469 e. The van der Waals surface area contributed by atoms with E-state index in [1.807, 2.05) is 0 Å². The van der Waals surface area contributed by atoms with Crippen molar-refractivity contribution in [2.24, 2.45) is 5.92 Å². The highest BCUT2D eigenvalue weighted by atomic mass is 32.2. The van der Waals surface area contributed by atoms with Gasteiger partial charge < -0.3 is 4.74 Å². The second kappa shape index (κ2) is 6.58. The van der Waals surface area contributed by atoms with Gasteiger partial charge in [0.2, 0.25) is 0 Å². The number of esters is 1. The monoisotopic (exact) mass is 264 g/mol. The quantitative estimate of drug-likeness (QED) is 0.740. The molecule has 1 atom stereocenters. The van der Waals surface area contributed by atoms with Gasteiger partial charge in [0, 0.05) is 18.1 Å². The van der Waals surface area contributed by atoms with Crippen LogP contribution in [0.4, 0.5) is 8.78 Å². The third kappa shape index (κ3) is 3.99. The zero-order chi connectivity index (χ0) is 12.8. The lowest BCUT2D eigenvalue weighted by Gasteiger charge is -2.09. The number of thioether (sulfide) groups is 1. The van der Waals surface area contributed by atoms with E-state index >= 15 is 0 Å². The minimum absolute atomic E-state index is 0.250. The lowest BCUT2D eigenvalue weighted by atomic mass is 10.2. The van der Waals surface area contributed by atoms with Gasteiger partial charge in [0.15, 0.2) is 0 Å². The summed E-state index contributed by atoms with van der Waals surface area (Å²) in [5.41, 5.74) is 0. The van der Waals surface area contributed by atoms with Crippen molar-refractivity contribution in [1.82, 2.24) is 9.55 Å². The maximum absolute atomic E-state index is 12.5. The van der Waals surface area contributed by atoms with Crippen molar-refractivity contribution in [2.75, 3.05) is 12.9 Å². The van der Waals surface area contributed by atoms with Gasteiger partial charge >= 0.3 is 12.5 Å². The molecule has 4 nitrogen and oxygen atoms in total. The Bertz CT molecular complexity index is 371. The number of imidazole rings is 1. The van der Waals surface area contributed by atoms with Crippen molar-refractivity contribution in [3.63, 3.8) is 0 Å². The van der Waals surface area contributed by atoms with Crippen molar-refractivity contribution in [3.8, 4) is 0 Å². The lowest BCUT2D eigenvalue weighted by Crippen LogP contribution is -2.15. The van der Waals surface area contributed by atoms with Gasteiger partial charge in [-0.2, -0.15) is 20.5 Å². The van der Waals surface area contributed by atoms with Crippen LogP contribution in [-0.4, -0.2) is 28.4 Å². The van der Waals surface area contributed by atoms with Gasteiger partial charge in [-0.05, 0) is 0 Å². The van der Waals surface area contributed by atoms with Crippen molar-refractivity contribution in [1.29, 1.82) is 0 Å². The molecule has 0 saturated carbocycles. The number of ether oxygens (including phenoxy) is 1. The normalized spacial score (nSPS) is 12.8. The summed E-state index contributed by atoms with van der Waals surface area (Å²) in [5, 5.41) is 0. The molecule has 96 valence electrons. The summed E-state index contributed by atoms with van der Waals surface area (Å²) in [6.45, 7) is -0.843. The van der Waals surface area contributed by atoms with E-state index in [-0.39, 0.29) is 11.9 Å². The van der Waals surface area contributed by atoms with Crippen molar-refractivity contribution in [2.45, 2.75) is 19.2 Å². The number of carbonyl (C=O) groups excluding carboxylic acids is 1. The van der Waals surface area contributed by atoms with E-state index < -0.39 is 6.55 Å². The highest BCUT2D eigenvalue weighted by Crippen LogP contribution is 2.19. The summed E-state index contributed by atoms with van der Waals surface area (Å²) in [4.78, 5) is 14.9. The van der Waals surface area contributed by atoms with Crippen LogP contribution in [0.1, 0.15) is 19.3 Å². The second-order valence-corrected chi connectivity index (χ2v) is 4.50. The molecule has 1 unspecified atom stereocenters. The van der Waals surface area contributed by atoms with Crippen LogP contribution in [0.25, 0.3) is 0 Å². The average molecular weight is 264 g/mol. The van der Waals surface area contributed by atoms with Gasteiger partial charge in [0.05, 0.1) is 18.8 Å².